The lowest BCUT2D eigenvalue weighted by Gasteiger charge is -2.06. The third kappa shape index (κ3) is 2.95. The molecule has 3 rings (SSSR count). The number of hydrogen-bond donors (Lipinski definition) is 0. The van der Waals surface area contributed by atoms with Crippen LogP contribution in [0.25, 0.3) is 10.9 Å². The van der Waals surface area contributed by atoms with Crippen molar-refractivity contribution in [2.24, 2.45) is 0 Å². The molecule has 0 amide bonds. The zero-order chi connectivity index (χ0) is 14.9. The van der Waals surface area contributed by atoms with E-state index in [2.05, 4.69) is 4.98 Å². The fraction of sp³-hybridized carbons (Fsp3) is 0.118. The Bertz CT molecular complexity index is 884. The van der Waals surface area contributed by atoms with Gasteiger partial charge < -0.3 is 0 Å². The van der Waals surface area contributed by atoms with Gasteiger partial charge in [-0.25, -0.2) is 8.42 Å². The molecule has 4 heteroatoms. The van der Waals surface area contributed by atoms with Crippen molar-refractivity contribution < 1.29 is 8.42 Å². The molecule has 0 saturated heterocycles. The van der Waals surface area contributed by atoms with Gasteiger partial charge in [-0.1, -0.05) is 35.9 Å². The van der Waals surface area contributed by atoms with Gasteiger partial charge in [0.1, 0.15) is 0 Å². The van der Waals surface area contributed by atoms with Crippen molar-refractivity contribution in [3.63, 3.8) is 0 Å². The van der Waals surface area contributed by atoms with Crippen LogP contribution in [0.2, 0.25) is 0 Å². The topological polar surface area (TPSA) is 47.0 Å². The fourth-order valence-electron chi connectivity index (χ4n) is 2.23. The van der Waals surface area contributed by atoms with Crippen LogP contribution in [0.4, 0.5) is 0 Å². The van der Waals surface area contributed by atoms with E-state index in [4.69, 9.17) is 0 Å². The number of rotatable bonds is 3. The molecule has 0 aliphatic heterocycles. The summed E-state index contributed by atoms with van der Waals surface area (Å²) in [5, 5.41) is 0.836. The van der Waals surface area contributed by atoms with Gasteiger partial charge in [-0.3, -0.25) is 4.98 Å². The molecular formula is C17H15NO2S. The van der Waals surface area contributed by atoms with E-state index in [-0.39, 0.29) is 5.75 Å². The fourth-order valence-corrected chi connectivity index (χ4v) is 3.61. The van der Waals surface area contributed by atoms with Gasteiger partial charge >= 0.3 is 0 Å². The molecule has 21 heavy (non-hydrogen) atoms. The molecule has 106 valence electrons. The Kier molecular flexibility index (Phi) is 3.47. The van der Waals surface area contributed by atoms with Crippen molar-refractivity contribution >= 4 is 20.7 Å². The molecule has 0 spiro atoms. The van der Waals surface area contributed by atoms with Gasteiger partial charge in [0.2, 0.25) is 0 Å². The van der Waals surface area contributed by atoms with E-state index >= 15 is 0 Å². The first kappa shape index (κ1) is 13.8. The SMILES string of the molecule is Cc1ccc(CS(=O)(=O)c2ccc3ncccc3c2)cc1. The number of sulfone groups is 1. The molecule has 3 aromatic rings. The number of aryl methyl sites for hydroxylation is 1. The third-order valence-corrected chi connectivity index (χ3v) is 5.10. The largest absolute Gasteiger partial charge is 0.256 e. The summed E-state index contributed by atoms with van der Waals surface area (Å²) >= 11 is 0. The van der Waals surface area contributed by atoms with Crippen LogP contribution in [-0.2, 0) is 15.6 Å². The third-order valence-electron chi connectivity index (χ3n) is 3.41. The minimum Gasteiger partial charge on any atom is -0.256 e. The second-order valence-corrected chi connectivity index (χ2v) is 7.09. The second kappa shape index (κ2) is 5.30. The highest BCUT2D eigenvalue weighted by Gasteiger charge is 2.15. The minimum atomic E-state index is -3.35. The van der Waals surface area contributed by atoms with Crippen molar-refractivity contribution in [3.05, 3.63) is 71.9 Å². The van der Waals surface area contributed by atoms with Gasteiger partial charge in [0.05, 0.1) is 16.2 Å². The van der Waals surface area contributed by atoms with Gasteiger partial charge in [0, 0.05) is 11.6 Å². The summed E-state index contributed by atoms with van der Waals surface area (Å²) in [7, 11) is -3.35. The van der Waals surface area contributed by atoms with E-state index in [0.717, 1.165) is 22.0 Å². The smallest absolute Gasteiger partial charge is 0.182 e. The van der Waals surface area contributed by atoms with Crippen LogP contribution >= 0.6 is 0 Å². The van der Waals surface area contributed by atoms with Crippen LogP contribution in [-0.4, -0.2) is 13.4 Å². The molecule has 0 N–H and O–H groups in total. The molecule has 0 atom stereocenters. The maximum absolute atomic E-state index is 12.5. The lowest BCUT2D eigenvalue weighted by Crippen LogP contribution is -2.05. The number of nitrogens with zero attached hydrogens (tertiary/aromatic N) is 1. The first-order valence-corrected chi connectivity index (χ1v) is 8.33. The number of aromatic nitrogens is 1. The van der Waals surface area contributed by atoms with E-state index in [9.17, 15) is 8.42 Å². The number of pyridine rings is 1. The summed E-state index contributed by atoms with van der Waals surface area (Å²) in [6, 6.07) is 16.3. The Labute approximate surface area is 124 Å². The lowest BCUT2D eigenvalue weighted by molar-refractivity contribution is 0.595. The van der Waals surface area contributed by atoms with Gasteiger partial charge in [0.15, 0.2) is 9.84 Å². The Morgan fingerprint density at radius 2 is 1.76 bits per heavy atom. The lowest BCUT2D eigenvalue weighted by atomic mass is 10.2. The molecule has 0 radical (unpaired) electrons. The average Bonchev–Trinajstić information content (AvgIpc) is 2.49. The van der Waals surface area contributed by atoms with E-state index < -0.39 is 9.84 Å². The summed E-state index contributed by atoms with van der Waals surface area (Å²) in [6.45, 7) is 1.98. The minimum absolute atomic E-state index is 0.0129. The standard InChI is InChI=1S/C17H15NO2S/c1-13-4-6-14(7-5-13)12-21(19,20)16-8-9-17-15(11-16)3-2-10-18-17/h2-11H,12H2,1H3. The predicted molar refractivity (Wildman–Crippen MR) is 83.8 cm³/mol. The van der Waals surface area contributed by atoms with E-state index in [0.29, 0.717) is 4.90 Å². The highest BCUT2D eigenvalue weighted by Crippen LogP contribution is 2.21. The van der Waals surface area contributed by atoms with Gasteiger partial charge in [-0.15, -0.1) is 0 Å². The zero-order valence-corrected chi connectivity index (χ0v) is 12.5. The van der Waals surface area contributed by atoms with E-state index in [1.807, 2.05) is 37.3 Å². The molecule has 2 aromatic carbocycles. The summed E-state index contributed by atoms with van der Waals surface area (Å²) in [4.78, 5) is 4.54. The van der Waals surface area contributed by atoms with Gasteiger partial charge in [0.25, 0.3) is 0 Å². The predicted octanol–water partition coefficient (Wildman–Crippen LogP) is 3.52. The maximum Gasteiger partial charge on any atom is 0.182 e. The Morgan fingerprint density at radius 1 is 1.00 bits per heavy atom. The first-order chi connectivity index (χ1) is 10.0. The Morgan fingerprint density at radius 3 is 2.52 bits per heavy atom. The first-order valence-electron chi connectivity index (χ1n) is 6.68. The summed E-state index contributed by atoms with van der Waals surface area (Å²) in [5.74, 6) is 0.0129. The van der Waals surface area contributed by atoms with Crippen LogP contribution in [0.1, 0.15) is 11.1 Å². The summed E-state index contributed by atoms with van der Waals surface area (Å²) in [6.07, 6.45) is 1.70. The monoisotopic (exact) mass is 297 g/mol. The van der Waals surface area contributed by atoms with Crippen molar-refractivity contribution in [3.8, 4) is 0 Å². The van der Waals surface area contributed by atoms with Crippen molar-refractivity contribution in [1.82, 2.24) is 4.98 Å². The van der Waals surface area contributed by atoms with Crippen LogP contribution < -0.4 is 0 Å². The number of hydrogen-bond acceptors (Lipinski definition) is 3. The quantitative estimate of drug-likeness (QED) is 0.743. The Hall–Kier alpha value is -2.20. The molecule has 1 heterocycles. The van der Waals surface area contributed by atoms with Crippen LogP contribution in [0.3, 0.4) is 0 Å². The van der Waals surface area contributed by atoms with Gasteiger partial charge in [-0.2, -0.15) is 0 Å². The molecule has 0 saturated carbocycles. The second-order valence-electron chi connectivity index (χ2n) is 5.10. The van der Waals surface area contributed by atoms with Crippen molar-refractivity contribution in [2.75, 3.05) is 0 Å². The molecular weight excluding hydrogens is 282 g/mol. The normalized spacial score (nSPS) is 11.7. The Balaban J connectivity index is 1.97. The van der Waals surface area contributed by atoms with Crippen molar-refractivity contribution in [1.29, 1.82) is 0 Å². The number of benzene rings is 2. The molecule has 0 unspecified atom stereocenters. The molecule has 3 nitrogen and oxygen atoms in total. The summed E-state index contributed by atoms with van der Waals surface area (Å²) < 4.78 is 25.0. The maximum atomic E-state index is 12.5. The van der Waals surface area contributed by atoms with Gasteiger partial charge in [-0.05, 0) is 36.8 Å². The van der Waals surface area contributed by atoms with Crippen molar-refractivity contribution in [2.45, 2.75) is 17.6 Å². The van der Waals surface area contributed by atoms with Crippen LogP contribution in [0, 0.1) is 6.92 Å². The van der Waals surface area contributed by atoms with E-state index in [1.54, 1.807) is 30.5 Å². The average molecular weight is 297 g/mol. The zero-order valence-electron chi connectivity index (χ0n) is 11.7. The molecule has 0 aliphatic carbocycles. The molecule has 0 fully saturated rings. The van der Waals surface area contributed by atoms with Crippen LogP contribution in [0.15, 0.2) is 65.7 Å². The number of fused-ring (bicyclic) bond motifs is 1. The molecule has 0 aliphatic rings. The highest BCUT2D eigenvalue weighted by atomic mass is 32.2. The van der Waals surface area contributed by atoms with Crippen LogP contribution in [0.5, 0.6) is 0 Å². The molecule has 1 aromatic heterocycles. The van der Waals surface area contributed by atoms with E-state index in [1.165, 1.54) is 0 Å². The highest BCUT2D eigenvalue weighted by molar-refractivity contribution is 7.90. The summed E-state index contributed by atoms with van der Waals surface area (Å²) in [5.41, 5.74) is 2.71. The molecule has 0 bridgehead atoms.